The fraction of sp³-hybridized carbons (Fsp3) is 0.364. The van der Waals surface area contributed by atoms with Crippen LogP contribution in [0.25, 0.3) is 5.82 Å². The van der Waals surface area contributed by atoms with Gasteiger partial charge in [-0.05, 0) is 31.4 Å². The molecule has 0 radical (unpaired) electrons. The van der Waals surface area contributed by atoms with Crippen LogP contribution in [-0.2, 0) is 6.42 Å². The summed E-state index contributed by atoms with van der Waals surface area (Å²) in [5.74, 6) is 0.780. The van der Waals surface area contributed by atoms with E-state index < -0.39 is 0 Å². The van der Waals surface area contributed by atoms with Crippen molar-refractivity contribution in [2.45, 2.75) is 25.8 Å². The molecule has 2 heterocycles. The molecule has 0 aromatic carbocycles. The highest BCUT2D eigenvalue weighted by atomic mass is 15.3. The number of nitrogens with zero attached hydrogens (tertiary/aromatic N) is 4. The van der Waals surface area contributed by atoms with Crippen LogP contribution in [0.15, 0.2) is 31.0 Å². The first-order valence-corrected chi connectivity index (χ1v) is 5.31. The van der Waals surface area contributed by atoms with E-state index in [4.69, 9.17) is 5.73 Å². The first-order valence-electron chi connectivity index (χ1n) is 5.31. The largest absolute Gasteiger partial charge is 0.328 e. The van der Waals surface area contributed by atoms with Crippen molar-refractivity contribution in [2.24, 2.45) is 5.73 Å². The maximum absolute atomic E-state index is 5.70. The molecule has 0 saturated carbocycles. The lowest BCUT2D eigenvalue weighted by molar-refractivity contribution is 0.664. The maximum atomic E-state index is 5.70. The van der Waals surface area contributed by atoms with Gasteiger partial charge in [-0.1, -0.05) is 6.07 Å². The number of aromatic nitrogens is 4. The van der Waals surface area contributed by atoms with Gasteiger partial charge in [-0.2, -0.15) is 5.10 Å². The summed E-state index contributed by atoms with van der Waals surface area (Å²) in [6.45, 7) is 2.01. The lowest BCUT2D eigenvalue weighted by Gasteiger charge is -2.05. The average molecular weight is 217 g/mol. The molecule has 0 amide bonds. The normalized spacial score (nSPS) is 12.6. The van der Waals surface area contributed by atoms with E-state index in [1.807, 2.05) is 25.3 Å². The van der Waals surface area contributed by atoms with Gasteiger partial charge in [0.2, 0.25) is 0 Å². The molecule has 1 atom stereocenters. The van der Waals surface area contributed by atoms with Crippen LogP contribution in [0.5, 0.6) is 0 Å². The van der Waals surface area contributed by atoms with Gasteiger partial charge in [0, 0.05) is 12.2 Å². The van der Waals surface area contributed by atoms with Crippen LogP contribution in [0, 0.1) is 0 Å². The summed E-state index contributed by atoms with van der Waals surface area (Å²) < 4.78 is 1.63. The second kappa shape index (κ2) is 4.85. The molecule has 2 aromatic heterocycles. The maximum Gasteiger partial charge on any atom is 0.155 e. The van der Waals surface area contributed by atoms with Crippen molar-refractivity contribution in [3.8, 4) is 5.82 Å². The summed E-state index contributed by atoms with van der Waals surface area (Å²) in [5.41, 5.74) is 6.90. The molecule has 0 saturated heterocycles. The minimum absolute atomic E-state index is 0.231. The summed E-state index contributed by atoms with van der Waals surface area (Å²) >= 11 is 0. The van der Waals surface area contributed by atoms with Gasteiger partial charge >= 0.3 is 0 Å². The zero-order valence-electron chi connectivity index (χ0n) is 9.24. The van der Waals surface area contributed by atoms with E-state index in [9.17, 15) is 0 Å². The Balaban J connectivity index is 2.05. The Labute approximate surface area is 94.3 Å². The third-order valence-electron chi connectivity index (χ3n) is 2.35. The Kier molecular flexibility index (Phi) is 3.26. The zero-order chi connectivity index (χ0) is 11.4. The van der Waals surface area contributed by atoms with Gasteiger partial charge in [-0.25, -0.2) is 14.6 Å². The molecule has 16 heavy (non-hydrogen) atoms. The van der Waals surface area contributed by atoms with E-state index in [0.29, 0.717) is 0 Å². The second-order valence-corrected chi connectivity index (χ2v) is 3.88. The van der Waals surface area contributed by atoms with Crippen LogP contribution in [0.3, 0.4) is 0 Å². The number of aryl methyl sites for hydroxylation is 1. The Morgan fingerprint density at radius 2 is 2.31 bits per heavy atom. The zero-order valence-corrected chi connectivity index (χ0v) is 9.24. The van der Waals surface area contributed by atoms with Crippen LogP contribution in [0.4, 0.5) is 0 Å². The van der Waals surface area contributed by atoms with Crippen molar-refractivity contribution in [2.75, 3.05) is 0 Å². The summed E-state index contributed by atoms with van der Waals surface area (Å²) in [4.78, 5) is 8.19. The minimum Gasteiger partial charge on any atom is -0.328 e. The molecule has 0 aliphatic carbocycles. The highest BCUT2D eigenvalue weighted by molar-refractivity contribution is 5.23. The topological polar surface area (TPSA) is 69.6 Å². The van der Waals surface area contributed by atoms with E-state index >= 15 is 0 Å². The van der Waals surface area contributed by atoms with Crippen molar-refractivity contribution in [1.29, 1.82) is 0 Å². The van der Waals surface area contributed by atoms with Crippen LogP contribution in [-0.4, -0.2) is 25.8 Å². The van der Waals surface area contributed by atoms with Crippen molar-refractivity contribution in [1.82, 2.24) is 19.7 Å². The first-order chi connectivity index (χ1) is 7.75. The number of hydrogen-bond acceptors (Lipinski definition) is 4. The van der Waals surface area contributed by atoms with Crippen molar-refractivity contribution >= 4 is 0 Å². The highest BCUT2D eigenvalue weighted by Gasteiger charge is 2.00. The molecule has 2 aromatic rings. The van der Waals surface area contributed by atoms with Gasteiger partial charge < -0.3 is 5.73 Å². The fourth-order valence-electron chi connectivity index (χ4n) is 1.42. The SMILES string of the molecule is C[C@@H](N)CCc1ccc(-n2cncn2)nc1. The molecule has 5 heteroatoms. The monoisotopic (exact) mass is 217 g/mol. The van der Waals surface area contributed by atoms with Gasteiger partial charge in [-0.15, -0.1) is 0 Å². The van der Waals surface area contributed by atoms with Gasteiger partial charge in [0.25, 0.3) is 0 Å². The summed E-state index contributed by atoms with van der Waals surface area (Å²) in [5, 5.41) is 4.01. The molecule has 0 aliphatic heterocycles. The molecule has 0 unspecified atom stereocenters. The lowest BCUT2D eigenvalue weighted by atomic mass is 10.1. The summed E-state index contributed by atoms with van der Waals surface area (Å²) in [7, 11) is 0. The van der Waals surface area contributed by atoms with E-state index in [2.05, 4.69) is 15.1 Å². The first kappa shape index (κ1) is 10.8. The predicted molar refractivity (Wildman–Crippen MR) is 61.1 cm³/mol. The number of pyridine rings is 1. The molecule has 0 spiro atoms. The molecule has 5 nitrogen and oxygen atoms in total. The highest BCUT2D eigenvalue weighted by Crippen LogP contribution is 2.06. The predicted octanol–water partition coefficient (Wildman–Crippen LogP) is 0.942. The minimum atomic E-state index is 0.231. The van der Waals surface area contributed by atoms with Crippen molar-refractivity contribution < 1.29 is 0 Å². The molecule has 0 fully saturated rings. The summed E-state index contributed by atoms with van der Waals surface area (Å²) in [6, 6.07) is 4.22. The quantitative estimate of drug-likeness (QED) is 0.827. The van der Waals surface area contributed by atoms with Crippen LogP contribution < -0.4 is 5.73 Å². The number of hydrogen-bond donors (Lipinski definition) is 1. The Hall–Kier alpha value is -1.75. The van der Waals surface area contributed by atoms with E-state index in [1.165, 1.54) is 11.9 Å². The Bertz CT molecular complexity index is 418. The second-order valence-electron chi connectivity index (χ2n) is 3.88. The molecule has 0 aliphatic rings. The molecular weight excluding hydrogens is 202 g/mol. The standard InChI is InChI=1S/C11H15N5/c1-9(12)2-3-10-4-5-11(14-6-10)16-8-13-7-15-16/h4-9H,2-3,12H2,1H3/t9-/m1/s1. The van der Waals surface area contributed by atoms with Gasteiger partial charge in [-0.3, -0.25) is 0 Å². The average Bonchev–Trinajstić information content (AvgIpc) is 2.80. The lowest BCUT2D eigenvalue weighted by Crippen LogP contribution is -2.15. The van der Waals surface area contributed by atoms with Gasteiger partial charge in [0.15, 0.2) is 5.82 Å². The van der Waals surface area contributed by atoms with Crippen molar-refractivity contribution in [3.63, 3.8) is 0 Å². The third kappa shape index (κ3) is 2.64. The van der Waals surface area contributed by atoms with E-state index in [0.717, 1.165) is 18.7 Å². The number of nitrogens with two attached hydrogens (primary N) is 1. The molecule has 0 bridgehead atoms. The molecule has 84 valence electrons. The van der Waals surface area contributed by atoms with Crippen LogP contribution in [0.2, 0.25) is 0 Å². The molecular formula is C11H15N5. The molecule has 2 N–H and O–H groups in total. The van der Waals surface area contributed by atoms with E-state index in [-0.39, 0.29) is 6.04 Å². The Morgan fingerprint density at radius 3 is 2.88 bits per heavy atom. The number of rotatable bonds is 4. The smallest absolute Gasteiger partial charge is 0.155 e. The van der Waals surface area contributed by atoms with E-state index in [1.54, 1.807) is 11.0 Å². The van der Waals surface area contributed by atoms with Crippen molar-refractivity contribution in [3.05, 3.63) is 36.5 Å². The fourth-order valence-corrected chi connectivity index (χ4v) is 1.42. The van der Waals surface area contributed by atoms with Crippen LogP contribution in [0.1, 0.15) is 18.9 Å². The van der Waals surface area contributed by atoms with Gasteiger partial charge in [0.1, 0.15) is 12.7 Å². The van der Waals surface area contributed by atoms with Crippen LogP contribution >= 0.6 is 0 Å². The third-order valence-corrected chi connectivity index (χ3v) is 2.35. The Morgan fingerprint density at radius 1 is 1.44 bits per heavy atom. The summed E-state index contributed by atoms with van der Waals surface area (Å²) in [6.07, 6.45) is 6.92. The molecule has 2 rings (SSSR count). The van der Waals surface area contributed by atoms with Gasteiger partial charge in [0.05, 0.1) is 0 Å².